The molecule has 26 heavy (non-hydrogen) atoms. The van der Waals surface area contributed by atoms with Crippen LogP contribution >= 0.6 is 0 Å². The third kappa shape index (κ3) is 4.23. The van der Waals surface area contributed by atoms with Gasteiger partial charge < -0.3 is 10.1 Å². The minimum atomic E-state index is -1.09. The molecule has 0 radical (unpaired) electrons. The van der Waals surface area contributed by atoms with Crippen LogP contribution in [0.4, 0.5) is 4.79 Å². The molecule has 3 atom stereocenters. The van der Waals surface area contributed by atoms with E-state index in [1.807, 2.05) is 0 Å². The Bertz CT molecular complexity index is 592. The van der Waals surface area contributed by atoms with Crippen LogP contribution < -0.4 is 10.7 Å². The molecule has 8 heteroatoms. The van der Waals surface area contributed by atoms with Crippen LogP contribution in [0.3, 0.4) is 0 Å². The molecular formula is C18H29N3O5. The zero-order valence-electron chi connectivity index (χ0n) is 16.1. The Hall–Kier alpha value is -1.96. The third-order valence-electron chi connectivity index (χ3n) is 4.98. The maximum Gasteiger partial charge on any atom is 0.408 e. The molecule has 8 nitrogen and oxygen atoms in total. The molecule has 0 unspecified atom stereocenters. The summed E-state index contributed by atoms with van der Waals surface area (Å²) in [5.41, 5.74) is 1.84. The van der Waals surface area contributed by atoms with Crippen LogP contribution in [0.15, 0.2) is 0 Å². The van der Waals surface area contributed by atoms with E-state index in [9.17, 15) is 19.2 Å². The number of alkyl carbamates (subject to hydrolysis) is 1. The van der Waals surface area contributed by atoms with Gasteiger partial charge in [0.1, 0.15) is 11.5 Å². The first kappa shape index (κ1) is 20.4. The summed E-state index contributed by atoms with van der Waals surface area (Å²) < 4.78 is 5.28. The van der Waals surface area contributed by atoms with Crippen molar-refractivity contribution in [3.63, 3.8) is 0 Å². The van der Waals surface area contributed by atoms with E-state index in [1.54, 1.807) is 27.7 Å². The van der Waals surface area contributed by atoms with Crippen molar-refractivity contribution in [2.24, 2.45) is 17.8 Å². The van der Waals surface area contributed by atoms with Crippen LogP contribution in [-0.4, -0.2) is 47.4 Å². The molecule has 0 bridgehead atoms. The van der Waals surface area contributed by atoms with Crippen LogP contribution in [0.1, 0.15) is 53.4 Å². The van der Waals surface area contributed by atoms with Crippen molar-refractivity contribution in [3.8, 4) is 0 Å². The van der Waals surface area contributed by atoms with Gasteiger partial charge in [-0.2, -0.15) is 0 Å². The minimum absolute atomic E-state index is 0.0474. The fourth-order valence-electron chi connectivity index (χ4n) is 3.74. The summed E-state index contributed by atoms with van der Waals surface area (Å²) in [6, 6.07) is -0.826. The first-order valence-corrected chi connectivity index (χ1v) is 9.15. The van der Waals surface area contributed by atoms with Crippen molar-refractivity contribution >= 4 is 23.7 Å². The van der Waals surface area contributed by atoms with Crippen LogP contribution in [0, 0.1) is 17.8 Å². The van der Waals surface area contributed by atoms with Gasteiger partial charge >= 0.3 is 6.09 Å². The molecule has 0 aromatic carbocycles. The monoisotopic (exact) mass is 367 g/mol. The van der Waals surface area contributed by atoms with Crippen molar-refractivity contribution in [1.82, 2.24) is 15.8 Å². The predicted octanol–water partition coefficient (Wildman–Crippen LogP) is 1.39. The number of hydrogen-bond acceptors (Lipinski definition) is 6. The first-order valence-electron chi connectivity index (χ1n) is 9.15. The van der Waals surface area contributed by atoms with Crippen molar-refractivity contribution < 1.29 is 23.9 Å². The molecule has 2 fully saturated rings. The van der Waals surface area contributed by atoms with E-state index in [-0.39, 0.29) is 5.92 Å². The van der Waals surface area contributed by atoms with Gasteiger partial charge in [0.2, 0.25) is 5.91 Å². The maximum atomic E-state index is 13.2. The quantitative estimate of drug-likeness (QED) is 0.562. The molecule has 146 valence electrons. The SMILES string of the molecule is CNN1C(=O)[C@@H](C(=O)[C@@H](NC(=O)OC(C)(C)C)C2CCCC2)[C@H](C)C1=O. The lowest BCUT2D eigenvalue weighted by atomic mass is 9.83. The summed E-state index contributed by atoms with van der Waals surface area (Å²) in [4.78, 5) is 50.1. The fourth-order valence-corrected chi connectivity index (χ4v) is 3.74. The number of ketones is 1. The number of amides is 3. The summed E-state index contributed by atoms with van der Waals surface area (Å²) in [7, 11) is 1.46. The Morgan fingerprint density at radius 1 is 1.15 bits per heavy atom. The van der Waals surface area contributed by atoms with Crippen LogP contribution in [-0.2, 0) is 19.1 Å². The summed E-state index contributed by atoms with van der Waals surface area (Å²) in [6.45, 7) is 6.79. The largest absolute Gasteiger partial charge is 0.444 e. The van der Waals surface area contributed by atoms with Gasteiger partial charge in [-0.25, -0.2) is 15.2 Å². The number of carbonyl (C=O) groups is 4. The zero-order valence-corrected chi connectivity index (χ0v) is 16.1. The van der Waals surface area contributed by atoms with Gasteiger partial charge in [0.15, 0.2) is 5.78 Å². The Balaban J connectivity index is 2.22. The second-order valence-corrected chi connectivity index (χ2v) is 8.07. The molecule has 2 rings (SSSR count). The third-order valence-corrected chi connectivity index (χ3v) is 4.98. The van der Waals surface area contributed by atoms with Gasteiger partial charge in [0.05, 0.1) is 12.0 Å². The number of ether oxygens (including phenoxy) is 1. The van der Waals surface area contributed by atoms with Crippen molar-refractivity contribution in [2.45, 2.75) is 65.0 Å². The van der Waals surface area contributed by atoms with E-state index in [0.29, 0.717) is 0 Å². The molecular weight excluding hydrogens is 338 g/mol. The van der Waals surface area contributed by atoms with Crippen molar-refractivity contribution in [3.05, 3.63) is 0 Å². The summed E-state index contributed by atoms with van der Waals surface area (Å²) >= 11 is 0. The van der Waals surface area contributed by atoms with E-state index in [0.717, 1.165) is 30.7 Å². The van der Waals surface area contributed by atoms with Gasteiger partial charge in [0.25, 0.3) is 5.91 Å². The average molecular weight is 367 g/mol. The predicted molar refractivity (Wildman–Crippen MR) is 93.7 cm³/mol. The lowest BCUT2D eigenvalue weighted by molar-refractivity contribution is -0.144. The number of carbonyl (C=O) groups excluding carboxylic acids is 4. The van der Waals surface area contributed by atoms with Crippen LogP contribution in [0.2, 0.25) is 0 Å². The highest BCUT2D eigenvalue weighted by Gasteiger charge is 2.51. The fraction of sp³-hybridized carbons (Fsp3) is 0.778. The average Bonchev–Trinajstić information content (AvgIpc) is 3.11. The topological polar surface area (TPSA) is 105 Å². The van der Waals surface area contributed by atoms with E-state index < -0.39 is 47.2 Å². The number of Topliss-reactive ketones (excluding diaryl/α,β-unsaturated/α-hetero) is 1. The molecule has 0 spiro atoms. The maximum absolute atomic E-state index is 13.2. The van der Waals surface area contributed by atoms with E-state index in [2.05, 4.69) is 10.7 Å². The van der Waals surface area contributed by atoms with Crippen LogP contribution in [0.25, 0.3) is 0 Å². The molecule has 1 aliphatic heterocycles. The first-order chi connectivity index (χ1) is 12.1. The number of imide groups is 1. The lowest BCUT2D eigenvalue weighted by Gasteiger charge is -2.28. The smallest absolute Gasteiger partial charge is 0.408 e. The lowest BCUT2D eigenvalue weighted by Crippen LogP contribution is -2.51. The number of nitrogens with zero attached hydrogens (tertiary/aromatic N) is 1. The standard InChI is InChI=1S/C18H29N3O5/c1-10-12(16(24)21(19-5)15(10)23)14(22)13(11-8-6-7-9-11)20-17(25)26-18(2,3)4/h10-13,19H,6-9H2,1-5H3,(H,20,25)/t10-,12+,13-/m0/s1. The van der Waals surface area contributed by atoms with Crippen molar-refractivity contribution in [1.29, 1.82) is 0 Å². The Kier molecular flexibility index (Phi) is 6.05. The number of nitrogens with one attached hydrogen (secondary N) is 2. The number of hydrogen-bond donors (Lipinski definition) is 2. The zero-order chi connectivity index (χ0) is 19.6. The Labute approximate surface area is 154 Å². The molecule has 3 amide bonds. The van der Waals surface area contributed by atoms with Gasteiger partial charge in [0, 0.05) is 7.05 Å². The highest BCUT2D eigenvalue weighted by Crippen LogP contribution is 2.33. The molecule has 0 aromatic rings. The summed E-state index contributed by atoms with van der Waals surface area (Å²) in [6.07, 6.45) is 2.86. The molecule has 1 heterocycles. The highest BCUT2D eigenvalue weighted by molar-refractivity contribution is 6.16. The highest BCUT2D eigenvalue weighted by atomic mass is 16.6. The van der Waals surface area contributed by atoms with E-state index in [1.165, 1.54) is 7.05 Å². The number of hydrazine groups is 1. The summed E-state index contributed by atoms with van der Waals surface area (Å²) in [5, 5.41) is 3.55. The Morgan fingerprint density at radius 2 is 1.73 bits per heavy atom. The van der Waals surface area contributed by atoms with Gasteiger partial charge in [-0.3, -0.25) is 14.4 Å². The second-order valence-electron chi connectivity index (χ2n) is 8.07. The van der Waals surface area contributed by atoms with E-state index >= 15 is 0 Å². The van der Waals surface area contributed by atoms with Crippen molar-refractivity contribution in [2.75, 3.05) is 7.05 Å². The van der Waals surface area contributed by atoms with Gasteiger partial charge in [-0.1, -0.05) is 19.8 Å². The normalized spacial score (nSPS) is 25.5. The Morgan fingerprint density at radius 3 is 2.19 bits per heavy atom. The molecule has 2 N–H and O–H groups in total. The van der Waals surface area contributed by atoms with E-state index in [4.69, 9.17) is 4.74 Å². The molecule has 1 saturated carbocycles. The summed E-state index contributed by atoms with van der Waals surface area (Å²) in [5.74, 6) is -3.30. The van der Waals surface area contributed by atoms with Gasteiger partial charge in [-0.15, -0.1) is 0 Å². The number of rotatable bonds is 5. The second kappa shape index (κ2) is 7.73. The molecule has 2 aliphatic rings. The minimum Gasteiger partial charge on any atom is -0.444 e. The molecule has 0 aromatic heterocycles. The molecule has 1 aliphatic carbocycles. The molecule has 1 saturated heterocycles. The van der Waals surface area contributed by atoms with Crippen LogP contribution in [0.5, 0.6) is 0 Å². The van der Waals surface area contributed by atoms with Gasteiger partial charge in [-0.05, 0) is 39.5 Å².